The van der Waals surface area contributed by atoms with Gasteiger partial charge in [0.2, 0.25) is 0 Å². The van der Waals surface area contributed by atoms with Crippen LogP contribution in [0.2, 0.25) is 0 Å². The number of benzene rings is 1. The Morgan fingerprint density at radius 2 is 1.25 bits per heavy atom. The predicted molar refractivity (Wildman–Crippen MR) is 144 cm³/mol. The maximum absolute atomic E-state index is 12.6. The van der Waals surface area contributed by atoms with Gasteiger partial charge in [-0.25, -0.2) is 14.4 Å². The third kappa shape index (κ3) is 13.5. The summed E-state index contributed by atoms with van der Waals surface area (Å²) in [6.07, 6.45) is -4.19. The van der Waals surface area contributed by atoms with Crippen molar-refractivity contribution in [2.45, 2.75) is 118 Å². The summed E-state index contributed by atoms with van der Waals surface area (Å²) in [4.78, 5) is 49.0. The number of carbonyl (C=O) groups is 4. The zero-order chi connectivity index (χ0) is 30.8. The number of ether oxygens (including phenoxy) is 7. The first-order chi connectivity index (χ1) is 18.3. The van der Waals surface area contributed by atoms with E-state index in [1.54, 1.807) is 62.3 Å². The average Bonchev–Trinajstić information content (AvgIpc) is 2.77. The summed E-state index contributed by atoms with van der Waals surface area (Å²) in [6.45, 7) is 16.7. The molecule has 2 N–H and O–H groups in total. The van der Waals surface area contributed by atoms with Gasteiger partial charge >= 0.3 is 24.4 Å². The van der Waals surface area contributed by atoms with Gasteiger partial charge in [0.25, 0.3) is 0 Å². The lowest BCUT2D eigenvalue weighted by Gasteiger charge is -2.23. The van der Waals surface area contributed by atoms with E-state index in [1.165, 1.54) is 18.2 Å². The van der Waals surface area contributed by atoms with Gasteiger partial charge in [-0.1, -0.05) is 13.0 Å². The minimum atomic E-state index is -1.12. The second-order valence-corrected chi connectivity index (χ2v) is 11.3. The molecule has 40 heavy (non-hydrogen) atoms. The number of esters is 1. The Kier molecular flexibility index (Phi) is 12.7. The molecule has 0 saturated heterocycles. The van der Waals surface area contributed by atoms with Crippen molar-refractivity contribution in [3.8, 4) is 11.5 Å². The predicted octanol–water partition coefficient (Wildman–Crippen LogP) is 5.46. The van der Waals surface area contributed by atoms with Crippen LogP contribution in [-0.4, -0.2) is 60.0 Å². The van der Waals surface area contributed by atoms with Crippen molar-refractivity contribution in [1.29, 1.82) is 0 Å². The Balaban J connectivity index is 2.96. The highest BCUT2D eigenvalue weighted by atomic mass is 16.8. The molecule has 0 aliphatic carbocycles. The smallest absolute Gasteiger partial charge is 0.458 e. The molecule has 0 fully saturated rings. The number of carbonyl (C=O) groups excluding carboxylic acids is 4. The molecule has 1 rings (SSSR count). The fourth-order valence-electron chi connectivity index (χ4n) is 2.79. The van der Waals surface area contributed by atoms with E-state index in [2.05, 4.69) is 0 Å². The second-order valence-electron chi connectivity index (χ2n) is 11.3. The summed E-state index contributed by atoms with van der Waals surface area (Å²) in [5, 5.41) is 0. The number of hydrogen-bond acceptors (Lipinski definition) is 12. The molecular formula is C28H43NO11. The number of nitrogens with two attached hydrogens (primary N) is 1. The Hall–Kier alpha value is -3.54. The Bertz CT molecular complexity index is 1030. The molecule has 0 bridgehead atoms. The van der Waals surface area contributed by atoms with E-state index in [4.69, 9.17) is 38.9 Å². The Morgan fingerprint density at radius 3 is 1.75 bits per heavy atom. The highest BCUT2D eigenvalue weighted by molar-refractivity contribution is 5.76. The summed E-state index contributed by atoms with van der Waals surface area (Å²) in [6, 6.07) is 3.18. The molecule has 0 heterocycles. The maximum Gasteiger partial charge on any atom is 0.514 e. The van der Waals surface area contributed by atoms with Gasteiger partial charge in [0, 0.05) is 0 Å². The lowest BCUT2D eigenvalue weighted by atomic mass is 10.1. The van der Waals surface area contributed by atoms with Crippen LogP contribution in [0, 0.1) is 0 Å². The summed E-state index contributed by atoms with van der Waals surface area (Å²) >= 11 is 0. The molecule has 4 atom stereocenters. The van der Waals surface area contributed by atoms with Crippen molar-refractivity contribution < 1.29 is 52.3 Å². The fourth-order valence-corrected chi connectivity index (χ4v) is 2.79. The molecule has 1 unspecified atom stereocenters. The molecule has 0 amide bonds. The van der Waals surface area contributed by atoms with Crippen LogP contribution >= 0.6 is 0 Å². The molecule has 0 radical (unpaired) electrons. The largest absolute Gasteiger partial charge is 0.514 e. The molecule has 0 spiro atoms. The van der Waals surface area contributed by atoms with Gasteiger partial charge in [-0.2, -0.15) is 0 Å². The third-order valence-corrected chi connectivity index (χ3v) is 5.05. The normalized spacial score (nSPS) is 14.6. The molecule has 1 aromatic rings. The fraction of sp³-hybridized carbons (Fsp3) is 0.643. The van der Waals surface area contributed by atoms with Crippen LogP contribution in [0.1, 0.15) is 81.2 Å². The van der Waals surface area contributed by atoms with Crippen molar-refractivity contribution >= 4 is 24.4 Å². The van der Waals surface area contributed by atoms with Gasteiger partial charge in [0.15, 0.2) is 11.5 Å². The van der Waals surface area contributed by atoms with Crippen LogP contribution in [-0.2, 0) is 34.9 Å². The molecule has 0 aliphatic rings. The van der Waals surface area contributed by atoms with Crippen molar-refractivity contribution in [3.05, 3.63) is 23.8 Å². The Labute approximate surface area is 235 Å². The van der Waals surface area contributed by atoms with Gasteiger partial charge < -0.3 is 38.9 Å². The van der Waals surface area contributed by atoms with E-state index in [1.807, 2.05) is 6.92 Å². The summed E-state index contributed by atoms with van der Waals surface area (Å²) in [7, 11) is 0. The van der Waals surface area contributed by atoms with Crippen LogP contribution in [0.5, 0.6) is 11.5 Å². The lowest BCUT2D eigenvalue weighted by molar-refractivity contribution is -0.155. The molecule has 12 nitrogen and oxygen atoms in total. The molecule has 0 aromatic heterocycles. The monoisotopic (exact) mass is 569 g/mol. The summed E-state index contributed by atoms with van der Waals surface area (Å²) in [5.74, 6) is -1.00. The van der Waals surface area contributed by atoms with E-state index in [0.717, 1.165) is 0 Å². The average molecular weight is 570 g/mol. The molecule has 12 heteroatoms. The van der Waals surface area contributed by atoms with Crippen LogP contribution in [0.4, 0.5) is 14.4 Å². The van der Waals surface area contributed by atoms with Gasteiger partial charge in [-0.3, -0.25) is 4.79 Å². The highest BCUT2D eigenvalue weighted by Crippen LogP contribution is 2.31. The van der Waals surface area contributed by atoms with Crippen molar-refractivity contribution in [2.75, 3.05) is 0 Å². The van der Waals surface area contributed by atoms with E-state index in [-0.39, 0.29) is 24.0 Å². The zero-order valence-electron chi connectivity index (χ0n) is 25.0. The second kappa shape index (κ2) is 14.7. The Morgan fingerprint density at radius 1 is 0.750 bits per heavy atom. The molecule has 0 aliphatic heterocycles. The van der Waals surface area contributed by atoms with Crippen LogP contribution in [0.15, 0.2) is 18.2 Å². The van der Waals surface area contributed by atoms with Crippen LogP contribution < -0.4 is 15.2 Å². The van der Waals surface area contributed by atoms with Crippen LogP contribution in [0.3, 0.4) is 0 Å². The SMILES string of the molecule is CCC(C)OC(=O)O[C@@H](C)[C@H](C)OC(=O)[C@@H](N)Cc1ccc(OC(=O)OC(C)(C)C)c(OC(=O)OC(C)(C)C)c1. The van der Waals surface area contributed by atoms with E-state index in [9.17, 15) is 19.2 Å². The quantitative estimate of drug-likeness (QED) is 0.216. The number of hydrogen-bond donors (Lipinski definition) is 1. The van der Waals surface area contributed by atoms with Crippen molar-refractivity contribution in [3.63, 3.8) is 0 Å². The molecule has 1 aromatic carbocycles. The molecule has 0 saturated carbocycles. The van der Waals surface area contributed by atoms with Gasteiger partial charge in [0.1, 0.15) is 35.6 Å². The third-order valence-electron chi connectivity index (χ3n) is 5.05. The highest BCUT2D eigenvalue weighted by Gasteiger charge is 2.27. The summed E-state index contributed by atoms with van der Waals surface area (Å²) in [5.41, 5.74) is 4.87. The van der Waals surface area contributed by atoms with Crippen molar-refractivity contribution in [1.82, 2.24) is 0 Å². The van der Waals surface area contributed by atoms with Gasteiger partial charge in [-0.05, 0) is 92.9 Å². The van der Waals surface area contributed by atoms with E-state index < -0.39 is 53.9 Å². The molecule has 226 valence electrons. The van der Waals surface area contributed by atoms with Crippen LogP contribution in [0.25, 0.3) is 0 Å². The minimum Gasteiger partial charge on any atom is -0.458 e. The maximum atomic E-state index is 12.6. The molecular weight excluding hydrogens is 526 g/mol. The first kappa shape index (κ1) is 34.5. The number of rotatable bonds is 10. The first-order valence-corrected chi connectivity index (χ1v) is 13.1. The van der Waals surface area contributed by atoms with Gasteiger partial charge in [0.05, 0.1) is 0 Å². The van der Waals surface area contributed by atoms with E-state index in [0.29, 0.717) is 12.0 Å². The zero-order valence-corrected chi connectivity index (χ0v) is 25.0. The van der Waals surface area contributed by atoms with E-state index >= 15 is 0 Å². The van der Waals surface area contributed by atoms with Crippen molar-refractivity contribution in [2.24, 2.45) is 5.73 Å². The lowest BCUT2D eigenvalue weighted by Crippen LogP contribution is -2.39. The summed E-state index contributed by atoms with van der Waals surface area (Å²) < 4.78 is 36.5. The minimum absolute atomic E-state index is 0.0196. The standard InChI is InChI=1S/C28H43NO11/c1-11-16(2)34-24(31)36-18(4)17(3)35-23(30)20(29)14-19-12-13-21(37-25(32)39-27(5,6)7)22(15-19)38-26(33)40-28(8,9)10/h12-13,15-18,20H,11,14,29H2,1-10H3/t16?,17-,18-,20-/m0/s1. The van der Waals surface area contributed by atoms with Gasteiger partial charge in [-0.15, -0.1) is 0 Å². The first-order valence-electron chi connectivity index (χ1n) is 13.1. The topological polar surface area (TPSA) is 159 Å².